The molecule has 0 spiro atoms. The minimum atomic E-state index is -0.668. The lowest BCUT2D eigenvalue weighted by atomic mass is 9.95. The summed E-state index contributed by atoms with van der Waals surface area (Å²) in [5.74, 6) is 0.612. The number of nitrogens with one attached hydrogen (secondary N) is 1. The van der Waals surface area contributed by atoms with Crippen LogP contribution in [-0.4, -0.2) is 19.2 Å². The quantitative estimate of drug-likeness (QED) is 0.881. The maximum Gasteiger partial charge on any atom is 0.268 e. The second-order valence-corrected chi connectivity index (χ2v) is 4.26. The van der Waals surface area contributed by atoms with Crippen molar-refractivity contribution in [2.45, 2.75) is 0 Å². The second kappa shape index (κ2) is 5.90. The Morgan fingerprint density at radius 2 is 1.82 bits per heavy atom. The summed E-state index contributed by atoms with van der Waals surface area (Å²) in [4.78, 5) is 14.2. The van der Waals surface area contributed by atoms with Crippen molar-refractivity contribution in [2.75, 3.05) is 20.0 Å². The Kier molecular flexibility index (Phi) is 4.01. The molecular weight excluding hydrogens is 284 g/mol. The summed E-state index contributed by atoms with van der Waals surface area (Å²) in [6.45, 7) is 0. The van der Waals surface area contributed by atoms with Gasteiger partial charge < -0.3 is 20.2 Å². The van der Waals surface area contributed by atoms with Gasteiger partial charge in [0.1, 0.15) is 29.1 Å². The van der Waals surface area contributed by atoms with Crippen molar-refractivity contribution >= 4 is 5.82 Å². The van der Waals surface area contributed by atoms with Crippen LogP contribution in [0.2, 0.25) is 0 Å². The third-order valence-corrected chi connectivity index (χ3v) is 3.14. The maximum absolute atomic E-state index is 11.9. The molecule has 1 aromatic carbocycles. The van der Waals surface area contributed by atoms with E-state index in [4.69, 9.17) is 15.2 Å². The maximum atomic E-state index is 11.9. The minimum absolute atomic E-state index is 0.00250. The number of para-hydroxylation sites is 1. The van der Waals surface area contributed by atoms with Gasteiger partial charge in [-0.15, -0.1) is 0 Å². The topological polar surface area (TPSA) is 125 Å². The molecule has 1 aromatic heterocycles. The molecule has 22 heavy (non-hydrogen) atoms. The molecule has 7 heteroatoms. The molecule has 3 N–H and O–H groups in total. The number of anilines is 1. The summed E-state index contributed by atoms with van der Waals surface area (Å²) in [6, 6.07) is 8.67. The molecule has 7 nitrogen and oxygen atoms in total. The summed E-state index contributed by atoms with van der Waals surface area (Å²) in [5.41, 5.74) is 5.33. The first-order valence-corrected chi connectivity index (χ1v) is 6.16. The van der Waals surface area contributed by atoms with E-state index in [0.717, 1.165) is 0 Å². The number of nitrogens with zero attached hydrogens (tertiary/aromatic N) is 2. The van der Waals surface area contributed by atoms with Crippen molar-refractivity contribution < 1.29 is 9.47 Å². The van der Waals surface area contributed by atoms with Crippen molar-refractivity contribution in [1.82, 2.24) is 4.98 Å². The Balaban J connectivity index is 2.99. The molecule has 0 radical (unpaired) electrons. The molecule has 110 valence electrons. The van der Waals surface area contributed by atoms with Gasteiger partial charge in [-0.3, -0.25) is 4.79 Å². The molecule has 0 saturated carbocycles. The van der Waals surface area contributed by atoms with Crippen LogP contribution in [0.15, 0.2) is 23.0 Å². The Morgan fingerprint density at radius 1 is 1.14 bits per heavy atom. The fourth-order valence-electron chi connectivity index (χ4n) is 2.20. The number of nitriles is 2. The number of pyridine rings is 1. The van der Waals surface area contributed by atoms with E-state index < -0.39 is 5.56 Å². The fraction of sp³-hybridized carbons (Fsp3) is 0.133. The molecule has 0 aliphatic rings. The van der Waals surface area contributed by atoms with Gasteiger partial charge >= 0.3 is 0 Å². The lowest BCUT2D eigenvalue weighted by Crippen LogP contribution is -2.16. The van der Waals surface area contributed by atoms with Gasteiger partial charge in [-0.05, 0) is 6.07 Å². The number of benzene rings is 1. The molecule has 0 amide bonds. The fourth-order valence-corrected chi connectivity index (χ4v) is 2.20. The lowest BCUT2D eigenvalue weighted by molar-refractivity contribution is 0.356. The molecule has 0 aliphatic carbocycles. The van der Waals surface area contributed by atoms with Crippen LogP contribution in [0.3, 0.4) is 0 Å². The monoisotopic (exact) mass is 296 g/mol. The van der Waals surface area contributed by atoms with Crippen molar-refractivity contribution in [1.29, 1.82) is 10.5 Å². The second-order valence-electron chi connectivity index (χ2n) is 4.26. The number of aromatic amines is 1. The van der Waals surface area contributed by atoms with Crippen molar-refractivity contribution in [3.63, 3.8) is 0 Å². The molecule has 0 saturated heterocycles. The molecule has 0 fully saturated rings. The Bertz CT molecular complexity index is 872. The standard InChI is InChI=1S/C15H12N4O3/c1-21-11-5-3-4-8(13(11)22-2)12-9(6-16)14(18)19-15(20)10(12)7-17/h3-5H,1-2H3,(H3,18,19,20). The number of hydrogen-bond donors (Lipinski definition) is 2. The van der Waals surface area contributed by atoms with E-state index in [-0.39, 0.29) is 22.5 Å². The van der Waals surface area contributed by atoms with Crippen LogP contribution in [0.25, 0.3) is 11.1 Å². The highest BCUT2D eigenvalue weighted by Crippen LogP contribution is 2.40. The van der Waals surface area contributed by atoms with E-state index in [1.807, 2.05) is 6.07 Å². The highest BCUT2D eigenvalue weighted by molar-refractivity contribution is 5.84. The number of nitrogen functional groups attached to an aromatic ring is 1. The summed E-state index contributed by atoms with van der Waals surface area (Å²) in [7, 11) is 2.89. The lowest BCUT2D eigenvalue weighted by Gasteiger charge is -2.15. The molecule has 1 heterocycles. The van der Waals surface area contributed by atoms with E-state index in [9.17, 15) is 15.3 Å². The van der Waals surface area contributed by atoms with E-state index in [0.29, 0.717) is 17.1 Å². The van der Waals surface area contributed by atoms with Gasteiger partial charge in [0.25, 0.3) is 5.56 Å². The molecule has 0 aliphatic heterocycles. The van der Waals surface area contributed by atoms with Crippen LogP contribution in [-0.2, 0) is 0 Å². The predicted octanol–water partition coefficient (Wildman–Crippen LogP) is 1.38. The zero-order valence-electron chi connectivity index (χ0n) is 11.9. The molecule has 0 bridgehead atoms. The van der Waals surface area contributed by atoms with Crippen molar-refractivity contribution in [2.24, 2.45) is 0 Å². The largest absolute Gasteiger partial charge is 0.493 e. The average Bonchev–Trinajstić information content (AvgIpc) is 2.53. The molecular formula is C15H12N4O3. The van der Waals surface area contributed by atoms with Gasteiger partial charge in [0.05, 0.1) is 14.2 Å². The first-order valence-electron chi connectivity index (χ1n) is 6.16. The van der Waals surface area contributed by atoms with Crippen LogP contribution in [0.5, 0.6) is 11.5 Å². The Morgan fingerprint density at radius 3 is 2.36 bits per heavy atom. The number of aromatic nitrogens is 1. The highest BCUT2D eigenvalue weighted by atomic mass is 16.5. The minimum Gasteiger partial charge on any atom is -0.493 e. The van der Waals surface area contributed by atoms with E-state index in [2.05, 4.69) is 4.98 Å². The zero-order valence-corrected chi connectivity index (χ0v) is 11.9. The first kappa shape index (κ1) is 14.9. The third-order valence-electron chi connectivity index (χ3n) is 3.14. The Labute approximate surface area is 126 Å². The molecule has 2 aromatic rings. The normalized spacial score (nSPS) is 9.64. The smallest absolute Gasteiger partial charge is 0.268 e. The number of hydrogen-bond acceptors (Lipinski definition) is 6. The van der Waals surface area contributed by atoms with Gasteiger partial charge in [0.15, 0.2) is 11.5 Å². The number of ether oxygens (including phenoxy) is 2. The number of H-pyrrole nitrogens is 1. The zero-order chi connectivity index (χ0) is 16.3. The van der Waals surface area contributed by atoms with E-state index >= 15 is 0 Å². The summed E-state index contributed by atoms with van der Waals surface area (Å²) in [5, 5.41) is 18.6. The van der Waals surface area contributed by atoms with Gasteiger partial charge in [0.2, 0.25) is 0 Å². The number of rotatable bonds is 3. The van der Waals surface area contributed by atoms with Gasteiger partial charge in [0, 0.05) is 11.1 Å². The van der Waals surface area contributed by atoms with Crippen LogP contribution < -0.4 is 20.8 Å². The van der Waals surface area contributed by atoms with Gasteiger partial charge in [-0.2, -0.15) is 10.5 Å². The van der Waals surface area contributed by atoms with Crippen molar-refractivity contribution in [3.8, 4) is 34.8 Å². The first-order chi connectivity index (χ1) is 10.6. The predicted molar refractivity (Wildman–Crippen MR) is 79.4 cm³/mol. The summed E-state index contributed by atoms with van der Waals surface area (Å²) in [6.07, 6.45) is 0. The van der Waals surface area contributed by atoms with Crippen LogP contribution in [0, 0.1) is 22.7 Å². The summed E-state index contributed by atoms with van der Waals surface area (Å²) >= 11 is 0. The average molecular weight is 296 g/mol. The van der Waals surface area contributed by atoms with Gasteiger partial charge in [-0.1, -0.05) is 12.1 Å². The third kappa shape index (κ3) is 2.21. The molecule has 0 unspecified atom stereocenters. The van der Waals surface area contributed by atoms with Crippen LogP contribution >= 0.6 is 0 Å². The van der Waals surface area contributed by atoms with E-state index in [1.165, 1.54) is 14.2 Å². The van der Waals surface area contributed by atoms with Crippen LogP contribution in [0.4, 0.5) is 5.82 Å². The molecule has 0 atom stereocenters. The number of nitrogens with two attached hydrogens (primary N) is 1. The summed E-state index contributed by atoms with van der Waals surface area (Å²) < 4.78 is 10.5. The van der Waals surface area contributed by atoms with E-state index in [1.54, 1.807) is 24.3 Å². The Hall–Kier alpha value is -3.45. The van der Waals surface area contributed by atoms with Gasteiger partial charge in [-0.25, -0.2) is 0 Å². The molecule has 2 rings (SSSR count). The highest BCUT2D eigenvalue weighted by Gasteiger charge is 2.22. The SMILES string of the molecule is COc1cccc(-c2c(C#N)c(N)[nH]c(=O)c2C#N)c1OC. The van der Waals surface area contributed by atoms with Crippen molar-refractivity contribution in [3.05, 3.63) is 39.7 Å². The number of methoxy groups -OCH3 is 2. The van der Waals surface area contributed by atoms with Crippen LogP contribution in [0.1, 0.15) is 11.1 Å².